The number of aromatic nitrogens is 2. The van der Waals surface area contributed by atoms with E-state index in [1.807, 2.05) is 0 Å². The standard InChI is InChI=1S/C9H9ClF3N3O2/c1-2-18-7(17)4-14-6-3-5(10)15-8(16-6)9(11,12)13/h3H,2,4H2,1H3,(H,14,15,16). The van der Waals surface area contributed by atoms with Crippen molar-refractivity contribution < 1.29 is 22.7 Å². The lowest BCUT2D eigenvalue weighted by atomic mass is 10.5. The molecule has 0 amide bonds. The number of alkyl halides is 3. The zero-order chi connectivity index (χ0) is 13.8. The second-order valence-corrected chi connectivity index (χ2v) is 3.44. The first kappa shape index (κ1) is 14.5. The SMILES string of the molecule is CCOC(=O)CNc1cc(Cl)nc(C(F)(F)F)n1. The molecule has 0 aromatic carbocycles. The summed E-state index contributed by atoms with van der Waals surface area (Å²) in [5.41, 5.74) is 0. The van der Waals surface area contributed by atoms with Crippen LogP contribution in [0.25, 0.3) is 0 Å². The van der Waals surface area contributed by atoms with Crippen LogP contribution in [0.15, 0.2) is 6.07 Å². The van der Waals surface area contributed by atoms with Crippen LogP contribution >= 0.6 is 11.6 Å². The van der Waals surface area contributed by atoms with Gasteiger partial charge in [-0.15, -0.1) is 0 Å². The lowest BCUT2D eigenvalue weighted by Gasteiger charge is -2.09. The predicted molar refractivity (Wildman–Crippen MR) is 57.2 cm³/mol. The molecule has 0 saturated heterocycles. The van der Waals surface area contributed by atoms with E-state index in [2.05, 4.69) is 20.0 Å². The molecule has 1 rings (SSSR count). The van der Waals surface area contributed by atoms with E-state index in [1.165, 1.54) is 0 Å². The Morgan fingerprint density at radius 3 is 2.72 bits per heavy atom. The lowest BCUT2D eigenvalue weighted by molar-refractivity contribution is -0.144. The Hall–Kier alpha value is -1.57. The average molecular weight is 284 g/mol. The van der Waals surface area contributed by atoms with Crippen molar-refractivity contribution in [3.05, 3.63) is 17.0 Å². The molecule has 5 nitrogen and oxygen atoms in total. The summed E-state index contributed by atoms with van der Waals surface area (Å²) < 4.78 is 41.7. The quantitative estimate of drug-likeness (QED) is 0.677. The maximum Gasteiger partial charge on any atom is 0.451 e. The van der Waals surface area contributed by atoms with E-state index >= 15 is 0 Å². The largest absolute Gasteiger partial charge is 0.465 e. The van der Waals surface area contributed by atoms with E-state index in [0.717, 1.165) is 6.07 Å². The number of nitrogens with zero attached hydrogens (tertiary/aromatic N) is 2. The Balaban J connectivity index is 2.78. The fraction of sp³-hybridized carbons (Fsp3) is 0.444. The molecule has 0 aliphatic carbocycles. The molecule has 0 unspecified atom stereocenters. The minimum atomic E-state index is -4.70. The van der Waals surface area contributed by atoms with Gasteiger partial charge in [-0.25, -0.2) is 9.97 Å². The van der Waals surface area contributed by atoms with Gasteiger partial charge in [-0.05, 0) is 6.92 Å². The van der Waals surface area contributed by atoms with Crippen molar-refractivity contribution >= 4 is 23.4 Å². The van der Waals surface area contributed by atoms with Crippen LogP contribution in [0.1, 0.15) is 12.7 Å². The second kappa shape index (κ2) is 5.85. The molecule has 1 aromatic heterocycles. The van der Waals surface area contributed by atoms with Gasteiger partial charge in [0, 0.05) is 6.07 Å². The van der Waals surface area contributed by atoms with Gasteiger partial charge in [-0.2, -0.15) is 13.2 Å². The molecule has 0 atom stereocenters. The van der Waals surface area contributed by atoms with Crippen LogP contribution in [0, 0.1) is 0 Å². The molecular formula is C9H9ClF3N3O2. The highest BCUT2D eigenvalue weighted by Crippen LogP contribution is 2.28. The number of rotatable bonds is 4. The molecule has 18 heavy (non-hydrogen) atoms. The summed E-state index contributed by atoms with van der Waals surface area (Å²) in [6.07, 6.45) is -4.70. The molecule has 0 radical (unpaired) electrons. The van der Waals surface area contributed by atoms with Crippen LogP contribution in [0.5, 0.6) is 0 Å². The third-order valence-corrected chi connectivity index (χ3v) is 1.86. The number of hydrogen-bond acceptors (Lipinski definition) is 5. The normalized spacial score (nSPS) is 11.2. The lowest BCUT2D eigenvalue weighted by Crippen LogP contribution is -2.19. The van der Waals surface area contributed by atoms with Crippen molar-refractivity contribution in [3.8, 4) is 0 Å². The van der Waals surface area contributed by atoms with E-state index in [-0.39, 0.29) is 24.1 Å². The Kier molecular flexibility index (Phi) is 4.71. The number of hydrogen-bond donors (Lipinski definition) is 1. The number of ether oxygens (including phenoxy) is 1. The maximum atomic E-state index is 12.4. The summed E-state index contributed by atoms with van der Waals surface area (Å²) in [5.74, 6) is -2.18. The summed E-state index contributed by atoms with van der Waals surface area (Å²) >= 11 is 5.43. The first-order chi connectivity index (χ1) is 8.32. The second-order valence-electron chi connectivity index (χ2n) is 3.06. The third-order valence-electron chi connectivity index (χ3n) is 1.67. The number of anilines is 1. The Morgan fingerprint density at radius 2 is 2.17 bits per heavy atom. The Morgan fingerprint density at radius 1 is 1.50 bits per heavy atom. The zero-order valence-electron chi connectivity index (χ0n) is 9.21. The molecule has 1 N–H and O–H groups in total. The molecule has 0 fully saturated rings. The van der Waals surface area contributed by atoms with Crippen molar-refractivity contribution in [1.82, 2.24) is 9.97 Å². The molecule has 0 aliphatic rings. The number of esters is 1. The van der Waals surface area contributed by atoms with Crippen molar-refractivity contribution in [2.75, 3.05) is 18.5 Å². The molecule has 0 spiro atoms. The van der Waals surface area contributed by atoms with Crippen LogP contribution in [0.4, 0.5) is 19.0 Å². The molecular weight excluding hydrogens is 275 g/mol. The molecule has 1 heterocycles. The van der Waals surface area contributed by atoms with Crippen molar-refractivity contribution in [1.29, 1.82) is 0 Å². The topological polar surface area (TPSA) is 64.1 Å². The van der Waals surface area contributed by atoms with Crippen LogP contribution in [-0.2, 0) is 15.7 Å². The van der Waals surface area contributed by atoms with Gasteiger partial charge >= 0.3 is 12.1 Å². The minimum Gasteiger partial charge on any atom is -0.465 e. The van der Waals surface area contributed by atoms with E-state index < -0.39 is 18.0 Å². The highest BCUT2D eigenvalue weighted by Gasteiger charge is 2.35. The fourth-order valence-electron chi connectivity index (χ4n) is 1.01. The highest BCUT2D eigenvalue weighted by atomic mass is 35.5. The van der Waals surface area contributed by atoms with Gasteiger partial charge in [-0.1, -0.05) is 11.6 Å². The van der Waals surface area contributed by atoms with Gasteiger partial charge in [-0.3, -0.25) is 4.79 Å². The first-order valence-electron chi connectivity index (χ1n) is 4.84. The van der Waals surface area contributed by atoms with Crippen LogP contribution in [0.2, 0.25) is 5.15 Å². The molecule has 100 valence electrons. The Bertz CT molecular complexity index is 440. The van der Waals surface area contributed by atoms with Gasteiger partial charge in [0.05, 0.1) is 6.61 Å². The van der Waals surface area contributed by atoms with Gasteiger partial charge in [0.25, 0.3) is 0 Å². The van der Waals surface area contributed by atoms with E-state index in [9.17, 15) is 18.0 Å². The number of carbonyl (C=O) groups excluding carboxylic acids is 1. The molecule has 9 heteroatoms. The molecule has 0 saturated carbocycles. The third kappa shape index (κ3) is 4.36. The summed E-state index contributed by atoms with van der Waals surface area (Å²) in [5, 5.41) is 2.00. The first-order valence-corrected chi connectivity index (χ1v) is 5.22. The molecule has 0 bridgehead atoms. The number of nitrogens with one attached hydrogen (secondary N) is 1. The maximum absolute atomic E-state index is 12.4. The zero-order valence-corrected chi connectivity index (χ0v) is 9.97. The van der Waals surface area contributed by atoms with E-state index in [1.54, 1.807) is 6.92 Å². The van der Waals surface area contributed by atoms with Gasteiger partial charge in [0.1, 0.15) is 17.5 Å². The van der Waals surface area contributed by atoms with E-state index in [4.69, 9.17) is 11.6 Å². The summed E-state index contributed by atoms with van der Waals surface area (Å²) in [4.78, 5) is 17.2. The Labute approximate surface area is 105 Å². The van der Waals surface area contributed by atoms with Crippen molar-refractivity contribution in [2.24, 2.45) is 0 Å². The summed E-state index contributed by atoms with van der Waals surface area (Å²) in [7, 11) is 0. The van der Waals surface area contributed by atoms with Crippen LogP contribution in [-0.4, -0.2) is 29.1 Å². The fourth-order valence-corrected chi connectivity index (χ4v) is 1.19. The van der Waals surface area contributed by atoms with Gasteiger partial charge in [0.2, 0.25) is 5.82 Å². The summed E-state index contributed by atoms with van der Waals surface area (Å²) in [6, 6.07) is 1.08. The predicted octanol–water partition coefficient (Wildman–Crippen LogP) is 2.12. The minimum absolute atomic E-state index is 0.179. The van der Waals surface area contributed by atoms with Crippen LogP contribution in [0.3, 0.4) is 0 Å². The number of carbonyl (C=O) groups is 1. The average Bonchev–Trinajstić information content (AvgIpc) is 2.25. The van der Waals surface area contributed by atoms with E-state index in [0.29, 0.717) is 0 Å². The molecule has 0 aliphatic heterocycles. The molecule has 1 aromatic rings. The van der Waals surface area contributed by atoms with Crippen LogP contribution < -0.4 is 5.32 Å². The monoisotopic (exact) mass is 283 g/mol. The van der Waals surface area contributed by atoms with Gasteiger partial charge < -0.3 is 10.1 Å². The van der Waals surface area contributed by atoms with Crippen molar-refractivity contribution in [3.63, 3.8) is 0 Å². The highest BCUT2D eigenvalue weighted by molar-refractivity contribution is 6.29. The smallest absolute Gasteiger partial charge is 0.451 e. The van der Waals surface area contributed by atoms with Gasteiger partial charge in [0.15, 0.2) is 0 Å². The summed E-state index contributed by atoms with van der Waals surface area (Å²) in [6.45, 7) is 1.48. The van der Waals surface area contributed by atoms with Crippen molar-refractivity contribution in [2.45, 2.75) is 13.1 Å². The number of halogens is 4.